The highest BCUT2D eigenvalue weighted by Gasteiger charge is 2.21. The second kappa shape index (κ2) is 5.69. The number of aryl methyl sites for hydroxylation is 1. The molecule has 0 bridgehead atoms. The molecule has 1 aromatic heterocycles. The Morgan fingerprint density at radius 3 is 2.81 bits per heavy atom. The van der Waals surface area contributed by atoms with Crippen LogP contribution in [0.4, 0.5) is 11.5 Å². The first-order chi connectivity index (χ1) is 10.1. The second-order valence-corrected chi connectivity index (χ2v) is 5.53. The number of hydrogen-bond acceptors (Lipinski definition) is 4. The fraction of sp³-hybridized carbons (Fsp3) is 0.267. The summed E-state index contributed by atoms with van der Waals surface area (Å²) in [6.45, 7) is 1.91. The molecule has 1 aliphatic carbocycles. The van der Waals surface area contributed by atoms with Gasteiger partial charge in [-0.05, 0) is 37.5 Å². The summed E-state index contributed by atoms with van der Waals surface area (Å²) in [4.78, 5) is 20.3. The van der Waals surface area contributed by atoms with E-state index in [9.17, 15) is 4.79 Å². The van der Waals surface area contributed by atoms with Crippen molar-refractivity contribution in [3.05, 3.63) is 46.9 Å². The van der Waals surface area contributed by atoms with Crippen LogP contribution >= 0.6 is 11.6 Å². The van der Waals surface area contributed by atoms with Crippen LogP contribution in [0.1, 0.15) is 28.9 Å². The Hall–Kier alpha value is -2.14. The van der Waals surface area contributed by atoms with Gasteiger partial charge in [-0.1, -0.05) is 17.7 Å². The van der Waals surface area contributed by atoms with Gasteiger partial charge in [0.05, 0.1) is 0 Å². The van der Waals surface area contributed by atoms with E-state index >= 15 is 0 Å². The number of benzene rings is 1. The zero-order chi connectivity index (χ0) is 14.8. The third-order valence-corrected chi connectivity index (χ3v) is 3.67. The molecule has 6 heteroatoms. The monoisotopic (exact) mass is 302 g/mol. The number of carbonyl (C=O) groups excluding carboxylic acids is 1. The van der Waals surface area contributed by atoms with Gasteiger partial charge in [0.15, 0.2) is 0 Å². The Morgan fingerprint density at radius 1 is 1.29 bits per heavy atom. The molecule has 3 rings (SSSR count). The van der Waals surface area contributed by atoms with Gasteiger partial charge in [-0.15, -0.1) is 0 Å². The number of aromatic nitrogens is 2. The standard InChI is InChI=1S/C15H15ClN4O/c1-9-2-3-11(6-12(9)16)20-15(21)13-7-14(18-8-17-13)19-10-4-5-10/h2-3,6-8,10H,4-5H2,1H3,(H,20,21)(H,17,18,19). The summed E-state index contributed by atoms with van der Waals surface area (Å²) in [6, 6.07) is 7.52. The van der Waals surface area contributed by atoms with Crippen LogP contribution in [0.25, 0.3) is 0 Å². The summed E-state index contributed by atoms with van der Waals surface area (Å²) in [5.74, 6) is 0.399. The van der Waals surface area contributed by atoms with Crippen LogP contribution in [-0.4, -0.2) is 21.9 Å². The molecule has 1 saturated carbocycles. The number of anilines is 2. The minimum atomic E-state index is -0.281. The third kappa shape index (κ3) is 3.49. The van der Waals surface area contributed by atoms with E-state index in [0.29, 0.717) is 28.3 Å². The molecule has 0 saturated heterocycles. The number of nitrogens with one attached hydrogen (secondary N) is 2. The average molecular weight is 303 g/mol. The van der Waals surface area contributed by atoms with Crippen molar-refractivity contribution in [1.82, 2.24) is 9.97 Å². The fourth-order valence-electron chi connectivity index (χ4n) is 1.86. The van der Waals surface area contributed by atoms with E-state index in [4.69, 9.17) is 11.6 Å². The van der Waals surface area contributed by atoms with Gasteiger partial charge in [0.1, 0.15) is 17.8 Å². The van der Waals surface area contributed by atoms with E-state index in [0.717, 1.165) is 18.4 Å². The van der Waals surface area contributed by atoms with Crippen LogP contribution in [0.15, 0.2) is 30.6 Å². The number of hydrogen-bond donors (Lipinski definition) is 2. The van der Waals surface area contributed by atoms with Crippen LogP contribution in [-0.2, 0) is 0 Å². The van der Waals surface area contributed by atoms with Gasteiger partial charge in [0, 0.05) is 22.8 Å². The number of amides is 1. The van der Waals surface area contributed by atoms with Crippen LogP contribution in [0.3, 0.4) is 0 Å². The number of nitrogens with zero attached hydrogens (tertiary/aromatic N) is 2. The second-order valence-electron chi connectivity index (χ2n) is 5.13. The largest absolute Gasteiger partial charge is 0.367 e. The molecule has 2 aromatic rings. The Bertz CT molecular complexity index is 685. The van der Waals surface area contributed by atoms with Gasteiger partial charge >= 0.3 is 0 Å². The molecule has 0 spiro atoms. The van der Waals surface area contributed by atoms with Crippen molar-refractivity contribution in [2.24, 2.45) is 0 Å². The molecule has 1 aliphatic rings. The van der Waals surface area contributed by atoms with Crippen LogP contribution < -0.4 is 10.6 Å². The van der Waals surface area contributed by atoms with E-state index in [1.807, 2.05) is 19.1 Å². The van der Waals surface area contributed by atoms with Crippen molar-refractivity contribution in [2.75, 3.05) is 10.6 Å². The normalized spacial score (nSPS) is 13.8. The molecular weight excluding hydrogens is 288 g/mol. The molecule has 2 N–H and O–H groups in total. The van der Waals surface area contributed by atoms with E-state index in [1.54, 1.807) is 12.1 Å². The molecule has 5 nitrogen and oxygen atoms in total. The molecule has 21 heavy (non-hydrogen) atoms. The molecule has 1 aromatic carbocycles. The molecule has 0 radical (unpaired) electrons. The first-order valence-corrected chi connectivity index (χ1v) is 7.16. The predicted octanol–water partition coefficient (Wildman–Crippen LogP) is 3.27. The minimum Gasteiger partial charge on any atom is -0.367 e. The maximum Gasteiger partial charge on any atom is 0.274 e. The first-order valence-electron chi connectivity index (χ1n) is 6.78. The Kier molecular flexibility index (Phi) is 3.75. The summed E-state index contributed by atoms with van der Waals surface area (Å²) >= 11 is 6.05. The Labute approximate surface area is 127 Å². The molecule has 108 valence electrons. The molecule has 1 heterocycles. The van der Waals surface area contributed by atoms with E-state index in [2.05, 4.69) is 20.6 Å². The van der Waals surface area contributed by atoms with Crippen molar-refractivity contribution in [3.8, 4) is 0 Å². The SMILES string of the molecule is Cc1ccc(NC(=O)c2cc(NC3CC3)ncn2)cc1Cl. The first kappa shape index (κ1) is 13.8. The summed E-state index contributed by atoms with van der Waals surface area (Å²) < 4.78 is 0. The molecule has 0 atom stereocenters. The quantitative estimate of drug-likeness (QED) is 0.909. The lowest BCUT2D eigenvalue weighted by Gasteiger charge is -2.08. The Balaban J connectivity index is 1.73. The lowest BCUT2D eigenvalue weighted by atomic mass is 10.2. The molecule has 0 unspecified atom stereocenters. The maximum atomic E-state index is 12.2. The fourth-order valence-corrected chi connectivity index (χ4v) is 2.04. The summed E-state index contributed by atoms with van der Waals surface area (Å²) in [5.41, 5.74) is 1.93. The molecular formula is C15H15ClN4O. The van der Waals surface area contributed by atoms with Crippen molar-refractivity contribution >= 4 is 29.0 Å². The maximum absolute atomic E-state index is 12.2. The lowest BCUT2D eigenvalue weighted by Crippen LogP contribution is -2.15. The summed E-state index contributed by atoms with van der Waals surface area (Å²) in [5, 5.41) is 6.64. The molecule has 0 aliphatic heterocycles. The van der Waals surface area contributed by atoms with Gasteiger partial charge < -0.3 is 10.6 Å². The van der Waals surface area contributed by atoms with Gasteiger partial charge in [-0.3, -0.25) is 4.79 Å². The van der Waals surface area contributed by atoms with E-state index in [1.165, 1.54) is 6.33 Å². The van der Waals surface area contributed by atoms with Crippen molar-refractivity contribution < 1.29 is 4.79 Å². The Morgan fingerprint density at radius 2 is 2.10 bits per heavy atom. The van der Waals surface area contributed by atoms with Gasteiger partial charge in [-0.2, -0.15) is 0 Å². The highest BCUT2D eigenvalue weighted by molar-refractivity contribution is 6.31. The van der Waals surface area contributed by atoms with Gasteiger partial charge in [0.2, 0.25) is 0 Å². The van der Waals surface area contributed by atoms with Crippen molar-refractivity contribution in [2.45, 2.75) is 25.8 Å². The highest BCUT2D eigenvalue weighted by atomic mass is 35.5. The van der Waals surface area contributed by atoms with Crippen LogP contribution in [0.2, 0.25) is 5.02 Å². The van der Waals surface area contributed by atoms with Gasteiger partial charge in [0.25, 0.3) is 5.91 Å². The average Bonchev–Trinajstić information content (AvgIpc) is 3.27. The molecule has 1 amide bonds. The summed E-state index contributed by atoms with van der Waals surface area (Å²) in [7, 11) is 0. The topological polar surface area (TPSA) is 66.9 Å². The smallest absolute Gasteiger partial charge is 0.274 e. The molecule has 1 fully saturated rings. The van der Waals surface area contributed by atoms with Crippen molar-refractivity contribution in [1.29, 1.82) is 0 Å². The predicted molar refractivity (Wildman–Crippen MR) is 82.8 cm³/mol. The third-order valence-electron chi connectivity index (χ3n) is 3.26. The zero-order valence-corrected chi connectivity index (χ0v) is 12.3. The summed E-state index contributed by atoms with van der Waals surface area (Å²) in [6.07, 6.45) is 3.68. The van der Waals surface area contributed by atoms with E-state index < -0.39 is 0 Å². The lowest BCUT2D eigenvalue weighted by molar-refractivity contribution is 0.102. The van der Waals surface area contributed by atoms with E-state index in [-0.39, 0.29) is 5.91 Å². The number of rotatable bonds is 4. The zero-order valence-electron chi connectivity index (χ0n) is 11.6. The van der Waals surface area contributed by atoms with Crippen LogP contribution in [0.5, 0.6) is 0 Å². The van der Waals surface area contributed by atoms with Crippen LogP contribution in [0, 0.1) is 6.92 Å². The van der Waals surface area contributed by atoms with Crippen molar-refractivity contribution in [3.63, 3.8) is 0 Å². The van der Waals surface area contributed by atoms with Gasteiger partial charge in [-0.25, -0.2) is 9.97 Å². The number of halogens is 1. The highest BCUT2D eigenvalue weighted by Crippen LogP contribution is 2.24. The minimum absolute atomic E-state index is 0.281. The number of carbonyl (C=O) groups is 1.